The number of aliphatic hydroxyl groups is 1. The fourth-order valence-corrected chi connectivity index (χ4v) is 1.58. The molecule has 0 atom stereocenters. The van der Waals surface area contributed by atoms with Crippen molar-refractivity contribution in [2.24, 2.45) is 0 Å². The van der Waals surface area contributed by atoms with E-state index in [1.54, 1.807) is 0 Å². The van der Waals surface area contributed by atoms with Crippen LogP contribution in [0.2, 0.25) is 0 Å². The molecule has 0 saturated heterocycles. The lowest BCUT2D eigenvalue weighted by atomic mass is 9.97. The summed E-state index contributed by atoms with van der Waals surface area (Å²) in [5.74, 6) is 0. The summed E-state index contributed by atoms with van der Waals surface area (Å²) in [4.78, 5) is 0. The molecule has 0 saturated carbocycles. The van der Waals surface area contributed by atoms with E-state index >= 15 is 0 Å². The first-order valence-corrected chi connectivity index (χ1v) is 4.75. The van der Waals surface area contributed by atoms with Crippen LogP contribution < -0.4 is 0 Å². The van der Waals surface area contributed by atoms with Gasteiger partial charge in [0, 0.05) is 0 Å². The molecule has 0 radical (unpaired) electrons. The predicted octanol–water partition coefficient (Wildman–Crippen LogP) is 2.64. The van der Waals surface area contributed by atoms with Gasteiger partial charge in [-0.25, -0.2) is 0 Å². The van der Waals surface area contributed by atoms with E-state index in [4.69, 9.17) is 0 Å². The Bertz CT molecular complexity index is 298. The summed E-state index contributed by atoms with van der Waals surface area (Å²) in [5.41, 5.74) is 3.33. The van der Waals surface area contributed by atoms with Crippen LogP contribution in [0.4, 0.5) is 0 Å². The molecule has 0 aliphatic carbocycles. The van der Waals surface area contributed by atoms with Crippen LogP contribution in [0.5, 0.6) is 0 Å². The molecule has 1 rings (SSSR count). The van der Waals surface area contributed by atoms with E-state index in [1.807, 2.05) is 30.4 Å². The van der Waals surface area contributed by atoms with E-state index < -0.39 is 0 Å². The highest BCUT2D eigenvalue weighted by Crippen LogP contribution is 2.16. The molecule has 1 aromatic carbocycles. The lowest BCUT2D eigenvalue weighted by molar-refractivity contribution is 0.280. The molecule has 0 fully saturated rings. The molecule has 0 bridgehead atoms. The molecule has 0 aromatic heterocycles. The standard InChI is InChI=1S/C13H16O/c1-3-6-11-8-5-9-12(7-4-2)13(11)10-14/h3-5,8-9,14H,1-2,6-7,10H2. The van der Waals surface area contributed by atoms with Crippen molar-refractivity contribution < 1.29 is 5.11 Å². The number of benzene rings is 1. The number of allylic oxidation sites excluding steroid dienone is 2. The number of hydrogen-bond donors (Lipinski definition) is 1. The number of rotatable bonds is 5. The molecular weight excluding hydrogens is 172 g/mol. The summed E-state index contributed by atoms with van der Waals surface area (Å²) < 4.78 is 0. The minimum atomic E-state index is 0.0905. The molecular formula is C13H16O. The van der Waals surface area contributed by atoms with Crippen molar-refractivity contribution in [3.63, 3.8) is 0 Å². The zero-order chi connectivity index (χ0) is 10.4. The van der Waals surface area contributed by atoms with Gasteiger partial charge >= 0.3 is 0 Å². The Morgan fingerprint density at radius 2 is 1.57 bits per heavy atom. The SMILES string of the molecule is C=CCc1cccc(CC=C)c1CO. The highest BCUT2D eigenvalue weighted by atomic mass is 16.3. The second-order valence-corrected chi connectivity index (χ2v) is 3.20. The fourth-order valence-electron chi connectivity index (χ4n) is 1.58. The first-order valence-electron chi connectivity index (χ1n) is 4.75. The molecule has 1 N–H and O–H groups in total. The first kappa shape index (κ1) is 10.7. The van der Waals surface area contributed by atoms with E-state index in [2.05, 4.69) is 13.2 Å². The van der Waals surface area contributed by atoms with Crippen molar-refractivity contribution in [2.75, 3.05) is 0 Å². The summed E-state index contributed by atoms with van der Waals surface area (Å²) >= 11 is 0. The molecule has 0 heterocycles. The lowest BCUT2D eigenvalue weighted by Crippen LogP contribution is -1.98. The third kappa shape index (κ3) is 2.33. The van der Waals surface area contributed by atoms with Crippen LogP contribution >= 0.6 is 0 Å². The average Bonchev–Trinajstić information content (AvgIpc) is 2.19. The maximum absolute atomic E-state index is 9.28. The molecule has 0 aliphatic rings. The van der Waals surface area contributed by atoms with Gasteiger partial charge in [0.15, 0.2) is 0 Å². The van der Waals surface area contributed by atoms with E-state index in [0.717, 1.165) is 29.5 Å². The molecule has 1 heteroatoms. The Morgan fingerprint density at radius 3 is 1.93 bits per heavy atom. The van der Waals surface area contributed by atoms with Gasteiger partial charge in [0.1, 0.15) is 0 Å². The van der Waals surface area contributed by atoms with E-state index in [9.17, 15) is 5.11 Å². The molecule has 1 nitrogen and oxygen atoms in total. The van der Waals surface area contributed by atoms with Crippen LogP contribution in [-0.2, 0) is 19.4 Å². The zero-order valence-corrected chi connectivity index (χ0v) is 8.37. The highest BCUT2D eigenvalue weighted by molar-refractivity contribution is 5.36. The molecule has 74 valence electrons. The first-order chi connectivity index (χ1) is 6.83. The minimum Gasteiger partial charge on any atom is -0.392 e. The molecule has 0 aliphatic heterocycles. The quantitative estimate of drug-likeness (QED) is 0.704. The van der Waals surface area contributed by atoms with E-state index in [1.165, 1.54) is 0 Å². The van der Waals surface area contributed by atoms with Crippen LogP contribution in [0.15, 0.2) is 43.5 Å². The maximum atomic E-state index is 9.28. The van der Waals surface area contributed by atoms with Crippen LogP contribution in [0.25, 0.3) is 0 Å². The molecule has 1 aromatic rings. The summed E-state index contributed by atoms with van der Waals surface area (Å²) in [6, 6.07) is 6.07. The van der Waals surface area contributed by atoms with Gasteiger partial charge in [-0.2, -0.15) is 0 Å². The fraction of sp³-hybridized carbons (Fsp3) is 0.231. The number of aliphatic hydroxyl groups excluding tert-OH is 1. The minimum absolute atomic E-state index is 0.0905. The Labute approximate surface area is 85.4 Å². The second-order valence-electron chi connectivity index (χ2n) is 3.20. The zero-order valence-electron chi connectivity index (χ0n) is 8.37. The van der Waals surface area contributed by atoms with Crippen molar-refractivity contribution in [3.05, 3.63) is 60.2 Å². The third-order valence-electron chi connectivity index (χ3n) is 2.26. The predicted molar refractivity (Wildman–Crippen MR) is 60.2 cm³/mol. The van der Waals surface area contributed by atoms with Crippen LogP contribution in [0.3, 0.4) is 0 Å². The topological polar surface area (TPSA) is 20.2 Å². The Morgan fingerprint density at radius 1 is 1.07 bits per heavy atom. The third-order valence-corrected chi connectivity index (χ3v) is 2.26. The summed E-state index contributed by atoms with van der Waals surface area (Å²) in [7, 11) is 0. The van der Waals surface area contributed by atoms with Gasteiger partial charge in [-0.3, -0.25) is 0 Å². The molecule has 0 amide bonds. The largest absolute Gasteiger partial charge is 0.392 e. The maximum Gasteiger partial charge on any atom is 0.0687 e. The molecule has 0 spiro atoms. The molecule has 14 heavy (non-hydrogen) atoms. The smallest absolute Gasteiger partial charge is 0.0687 e. The van der Waals surface area contributed by atoms with Crippen molar-refractivity contribution >= 4 is 0 Å². The Balaban J connectivity index is 3.09. The normalized spacial score (nSPS) is 9.79. The van der Waals surface area contributed by atoms with Crippen molar-refractivity contribution in [1.82, 2.24) is 0 Å². The van der Waals surface area contributed by atoms with Gasteiger partial charge < -0.3 is 5.11 Å². The van der Waals surface area contributed by atoms with Gasteiger partial charge in [0.2, 0.25) is 0 Å². The van der Waals surface area contributed by atoms with Crippen molar-refractivity contribution in [2.45, 2.75) is 19.4 Å². The molecule has 0 unspecified atom stereocenters. The van der Waals surface area contributed by atoms with E-state index in [0.29, 0.717) is 0 Å². The van der Waals surface area contributed by atoms with Crippen LogP contribution in [-0.4, -0.2) is 5.11 Å². The van der Waals surface area contributed by atoms with Gasteiger partial charge in [0.05, 0.1) is 6.61 Å². The average molecular weight is 188 g/mol. The summed E-state index contributed by atoms with van der Waals surface area (Å²) in [6.07, 6.45) is 5.32. The van der Waals surface area contributed by atoms with Crippen molar-refractivity contribution in [1.29, 1.82) is 0 Å². The van der Waals surface area contributed by atoms with Gasteiger partial charge in [-0.15, -0.1) is 13.2 Å². The van der Waals surface area contributed by atoms with Crippen LogP contribution in [0, 0.1) is 0 Å². The van der Waals surface area contributed by atoms with Crippen LogP contribution in [0.1, 0.15) is 16.7 Å². The summed E-state index contributed by atoms with van der Waals surface area (Å²) in [5, 5.41) is 9.28. The highest BCUT2D eigenvalue weighted by Gasteiger charge is 2.04. The van der Waals surface area contributed by atoms with Gasteiger partial charge in [-0.05, 0) is 29.5 Å². The monoisotopic (exact) mass is 188 g/mol. The van der Waals surface area contributed by atoms with E-state index in [-0.39, 0.29) is 6.61 Å². The van der Waals surface area contributed by atoms with Crippen molar-refractivity contribution in [3.8, 4) is 0 Å². The Kier molecular flexibility index (Phi) is 4.14. The van der Waals surface area contributed by atoms with Gasteiger partial charge in [0.25, 0.3) is 0 Å². The number of hydrogen-bond acceptors (Lipinski definition) is 1. The second kappa shape index (κ2) is 5.40. The van der Waals surface area contributed by atoms with Gasteiger partial charge in [-0.1, -0.05) is 30.4 Å². The Hall–Kier alpha value is -1.34. The summed E-state index contributed by atoms with van der Waals surface area (Å²) in [6.45, 7) is 7.50. The lowest BCUT2D eigenvalue weighted by Gasteiger charge is -2.10.